The normalized spacial score (nSPS) is 13.4. The third-order valence-corrected chi connectivity index (χ3v) is 4.84. The first-order valence-electron chi connectivity index (χ1n) is 9.54. The van der Waals surface area contributed by atoms with Crippen LogP contribution in [0.2, 0.25) is 0 Å². The van der Waals surface area contributed by atoms with Gasteiger partial charge in [-0.05, 0) is 31.1 Å². The van der Waals surface area contributed by atoms with E-state index in [9.17, 15) is 30.3 Å². The van der Waals surface area contributed by atoms with Gasteiger partial charge in [-0.25, -0.2) is 0 Å². The number of hydrogen-bond acceptors (Lipinski definition) is 8. The molecule has 1 amide bonds. The highest BCUT2D eigenvalue weighted by molar-refractivity contribution is 6.02. The molecular formula is C21H18N4O7. The van der Waals surface area contributed by atoms with E-state index in [2.05, 4.69) is 0 Å². The second-order valence-electron chi connectivity index (χ2n) is 6.82. The van der Waals surface area contributed by atoms with Gasteiger partial charge < -0.3 is 14.4 Å². The zero-order valence-corrected chi connectivity index (χ0v) is 17.0. The van der Waals surface area contributed by atoms with E-state index in [1.807, 2.05) is 6.07 Å². The number of benzene rings is 2. The predicted octanol–water partition coefficient (Wildman–Crippen LogP) is 3.83. The molecular weight excluding hydrogens is 420 g/mol. The predicted molar refractivity (Wildman–Crippen MR) is 112 cm³/mol. The molecule has 0 saturated carbocycles. The quantitative estimate of drug-likeness (QED) is 0.274. The minimum Gasteiger partial charge on any atom is -0.493 e. The molecule has 0 atom stereocenters. The standard InChI is InChI=1S/C21H18N4O7/c1-31-19-6-4-5-14(11-15(13-22)21(26)23-9-2-3-10-23)20(19)32-18-8-7-16(24(27)28)12-17(18)25(29)30/h4-8,11-12H,2-3,9-10H2,1H3/b15-11+. The minimum atomic E-state index is -0.801. The molecule has 32 heavy (non-hydrogen) atoms. The molecule has 1 aliphatic rings. The van der Waals surface area contributed by atoms with E-state index in [4.69, 9.17) is 9.47 Å². The molecule has 0 aromatic heterocycles. The Bertz CT molecular complexity index is 1150. The van der Waals surface area contributed by atoms with Crippen molar-refractivity contribution < 1.29 is 24.1 Å². The number of carbonyl (C=O) groups excluding carboxylic acids is 1. The number of para-hydroxylation sites is 1. The van der Waals surface area contributed by atoms with E-state index < -0.39 is 27.1 Å². The van der Waals surface area contributed by atoms with Crippen molar-refractivity contribution >= 4 is 23.4 Å². The molecule has 3 rings (SSSR count). The highest BCUT2D eigenvalue weighted by Crippen LogP contribution is 2.40. The fourth-order valence-corrected chi connectivity index (χ4v) is 3.26. The zero-order chi connectivity index (χ0) is 23.3. The molecule has 0 radical (unpaired) electrons. The molecule has 1 aliphatic heterocycles. The van der Waals surface area contributed by atoms with E-state index in [-0.39, 0.29) is 28.4 Å². The second-order valence-corrected chi connectivity index (χ2v) is 6.82. The maximum atomic E-state index is 12.7. The van der Waals surface area contributed by atoms with Crippen LogP contribution in [-0.4, -0.2) is 40.9 Å². The van der Waals surface area contributed by atoms with Crippen molar-refractivity contribution in [3.63, 3.8) is 0 Å². The number of nitro groups is 2. The number of likely N-dealkylation sites (tertiary alicyclic amines) is 1. The number of methoxy groups -OCH3 is 1. The molecule has 1 fully saturated rings. The molecule has 0 spiro atoms. The molecule has 0 unspecified atom stereocenters. The first kappa shape index (κ1) is 22.2. The molecule has 2 aromatic rings. The summed E-state index contributed by atoms with van der Waals surface area (Å²) in [6.07, 6.45) is 3.05. The van der Waals surface area contributed by atoms with E-state index in [1.54, 1.807) is 17.0 Å². The van der Waals surface area contributed by atoms with Crippen molar-refractivity contribution in [2.24, 2.45) is 0 Å². The lowest BCUT2D eigenvalue weighted by Crippen LogP contribution is -2.28. The molecule has 0 bridgehead atoms. The summed E-state index contributed by atoms with van der Waals surface area (Å²) in [6.45, 7) is 1.13. The van der Waals surface area contributed by atoms with Crippen LogP contribution in [0.25, 0.3) is 6.08 Å². The van der Waals surface area contributed by atoms with E-state index >= 15 is 0 Å². The van der Waals surface area contributed by atoms with Crippen molar-refractivity contribution in [3.05, 3.63) is 67.8 Å². The molecule has 0 N–H and O–H groups in total. The summed E-state index contributed by atoms with van der Waals surface area (Å²) in [4.78, 5) is 35.1. The lowest BCUT2D eigenvalue weighted by atomic mass is 10.1. The van der Waals surface area contributed by atoms with Crippen molar-refractivity contribution in [2.45, 2.75) is 12.8 Å². The van der Waals surface area contributed by atoms with E-state index in [0.717, 1.165) is 31.0 Å². The molecule has 0 aliphatic carbocycles. The zero-order valence-electron chi connectivity index (χ0n) is 17.0. The van der Waals surface area contributed by atoms with Gasteiger partial charge >= 0.3 is 5.69 Å². The maximum Gasteiger partial charge on any atom is 0.318 e. The third kappa shape index (κ3) is 4.65. The summed E-state index contributed by atoms with van der Waals surface area (Å²) in [7, 11) is 1.36. The number of ether oxygens (including phenoxy) is 2. The number of non-ortho nitro benzene ring substituents is 1. The Balaban J connectivity index is 2.06. The fourth-order valence-electron chi connectivity index (χ4n) is 3.26. The monoisotopic (exact) mass is 438 g/mol. The number of amides is 1. The van der Waals surface area contributed by atoms with Gasteiger partial charge in [-0.1, -0.05) is 12.1 Å². The number of rotatable bonds is 7. The third-order valence-electron chi connectivity index (χ3n) is 4.84. The van der Waals surface area contributed by atoms with Crippen LogP contribution in [0.1, 0.15) is 18.4 Å². The van der Waals surface area contributed by atoms with Gasteiger partial charge in [-0.3, -0.25) is 25.0 Å². The Morgan fingerprint density at radius 1 is 1.12 bits per heavy atom. The smallest absolute Gasteiger partial charge is 0.318 e. The van der Waals surface area contributed by atoms with Crippen LogP contribution in [0.15, 0.2) is 42.0 Å². The summed E-state index contributed by atoms with van der Waals surface area (Å²) < 4.78 is 11.0. The average molecular weight is 438 g/mol. The SMILES string of the molecule is COc1cccc(/C=C(\C#N)C(=O)N2CCCC2)c1Oc1ccc([N+](=O)[O-])cc1[N+](=O)[O-]. The summed E-state index contributed by atoms with van der Waals surface area (Å²) in [5, 5.41) is 32.0. The number of hydrogen-bond donors (Lipinski definition) is 0. The van der Waals surface area contributed by atoms with Crippen LogP contribution in [0, 0.1) is 31.6 Å². The van der Waals surface area contributed by atoms with Crippen LogP contribution in [-0.2, 0) is 4.79 Å². The Morgan fingerprint density at radius 2 is 1.84 bits per heavy atom. The molecule has 1 heterocycles. The Hall–Kier alpha value is -4.46. The summed E-state index contributed by atoms with van der Waals surface area (Å²) in [5.74, 6) is -0.463. The summed E-state index contributed by atoms with van der Waals surface area (Å²) in [5.41, 5.74) is -0.926. The maximum absolute atomic E-state index is 12.7. The first-order chi connectivity index (χ1) is 15.3. The molecule has 1 saturated heterocycles. The van der Waals surface area contributed by atoms with Crippen molar-refractivity contribution in [1.29, 1.82) is 5.26 Å². The number of nitro benzene ring substituents is 2. The van der Waals surface area contributed by atoms with Crippen molar-refractivity contribution in [2.75, 3.05) is 20.2 Å². The molecule has 2 aromatic carbocycles. The van der Waals surface area contributed by atoms with Gasteiger partial charge in [-0.2, -0.15) is 5.26 Å². The molecule has 11 heteroatoms. The van der Waals surface area contributed by atoms with E-state index in [1.165, 1.54) is 19.3 Å². The van der Waals surface area contributed by atoms with Crippen LogP contribution in [0.5, 0.6) is 17.2 Å². The topological polar surface area (TPSA) is 149 Å². The van der Waals surface area contributed by atoms with Crippen LogP contribution in [0.4, 0.5) is 11.4 Å². The largest absolute Gasteiger partial charge is 0.493 e. The minimum absolute atomic E-state index is 0.0222. The Kier molecular flexibility index (Phi) is 6.65. The summed E-state index contributed by atoms with van der Waals surface area (Å²) >= 11 is 0. The summed E-state index contributed by atoms with van der Waals surface area (Å²) in [6, 6.07) is 9.57. The highest BCUT2D eigenvalue weighted by atomic mass is 16.6. The second kappa shape index (κ2) is 9.57. The lowest BCUT2D eigenvalue weighted by Gasteiger charge is -2.16. The lowest BCUT2D eigenvalue weighted by molar-refractivity contribution is -0.394. The fraction of sp³-hybridized carbons (Fsp3) is 0.238. The van der Waals surface area contributed by atoms with Crippen LogP contribution in [0.3, 0.4) is 0 Å². The first-order valence-corrected chi connectivity index (χ1v) is 9.54. The van der Waals surface area contributed by atoms with Gasteiger partial charge in [-0.15, -0.1) is 0 Å². The van der Waals surface area contributed by atoms with Crippen molar-refractivity contribution in [3.8, 4) is 23.3 Å². The van der Waals surface area contributed by atoms with Gasteiger partial charge in [0.1, 0.15) is 11.6 Å². The number of nitriles is 1. The average Bonchev–Trinajstić information content (AvgIpc) is 3.32. The number of carbonyl (C=O) groups is 1. The van der Waals surface area contributed by atoms with Gasteiger partial charge in [0.15, 0.2) is 11.5 Å². The van der Waals surface area contributed by atoms with E-state index in [0.29, 0.717) is 13.1 Å². The van der Waals surface area contributed by atoms with Gasteiger partial charge in [0.25, 0.3) is 11.6 Å². The van der Waals surface area contributed by atoms with Crippen LogP contribution < -0.4 is 9.47 Å². The number of nitrogens with zero attached hydrogens (tertiary/aromatic N) is 4. The molecule has 164 valence electrons. The van der Waals surface area contributed by atoms with Gasteiger partial charge in [0, 0.05) is 24.7 Å². The van der Waals surface area contributed by atoms with Gasteiger partial charge in [0.05, 0.1) is 23.0 Å². The van der Waals surface area contributed by atoms with Gasteiger partial charge in [0.2, 0.25) is 5.75 Å². The molecule has 11 nitrogen and oxygen atoms in total. The Labute approximate surface area is 182 Å². The van der Waals surface area contributed by atoms with Crippen molar-refractivity contribution in [1.82, 2.24) is 4.90 Å². The highest BCUT2D eigenvalue weighted by Gasteiger charge is 2.25. The Morgan fingerprint density at radius 3 is 2.44 bits per heavy atom. The van der Waals surface area contributed by atoms with Crippen LogP contribution >= 0.6 is 0 Å².